The molecular weight excluding hydrogens is 276 g/mol. The Morgan fingerprint density at radius 3 is 2.48 bits per heavy atom. The van der Waals surface area contributed by atoms with Crippen molar-refractivity contribution in [2.75, 3.05) is 19.0 Å². The molecule has 0 radical (unpaired) electrons. The zero-order chi connectivity index (χ0) is 16.0. The second kappa shape index (κ2) is 6.92. The van der Waals surface area contributed by atoms with E-state index in [1.165, 1.54) is 19.2 Å². The Balaban J connectivity index is 2.94. The summed E-state index contributed by atoms with van der Waals surface area (Å²) >= 11 is 0. The molecule has 0 heterocycles. The highest BCUT2D eigenvalue weighted by Crippen LogP contribution is 2.31. The molecule has 0 bridgehead atoms. The van der Waals surface area contributed by atoms with Crippen LogP contribution in [0.1, 0.15) is 26.7 Å². The summed E-state index contributed by atoms with van der Waals surface area (Å²) in [7, 11) is 1.35. The molecule has 116 valence electrons. The number of hydrogen-bond acceptors (Lipinski definition) is 5. The van der Waals surface area contributed by atoms with E-state index >= 15 is 0 Å². The molecule has 7 heteroatoms. The van der Waals surface area contributed by atoms with Crippen molar-refractivity contribution in [1.29, 1.82) is 0 Å². The number of nitro benzene ring substituents is 1. The third kappa shape index (κ3) is 3.62. The summed E-state index contributed by atoms with van der Waals surface area (Å²) < 4.78 is 4.98. The minimum absolute atomic E-state index is 0.126. The van der Waals surface area contributed by atoms with Gasteiger partial charge >= 0.3 is 11.7 Å². The van der Waals surface area contributed by atoms with Crippen LogP contribution in [0.5, 0.6) is 5.75 Å². The van der Waals surface area contributed by atoms with Crippen LogP contribution in [-0.2, 0) is 4.79 Å². The van der Waals surface area contributed by atoms with Gasteiger partial charge in [-0.15, -0.1) is 0 Å². The van der Waals surface area contributed by atoms with Crippen LogP contribution in [0.4, 0.5) is 11.4 Å². The van der Waals surface area contributed by atoms with Gasteiger partial charge in [-0.05, 0) is 18.9 Å². The largest absolute Gasteiger partial charge is 0.490 e. The molecular formula is C14H20N2O5. The predicted molar refractivity (Wildman–Crippen MR) is 78.8 cm³/mol. The van der Waals surface area contributed by atoms with Gasteiger partial charge in [-0.1, -0.05) is 13.8 Å². The van der Waals surface area contributed by atoms with Gasteiger partial charge in [0.1, 0.15) is 0 Å². The lowest BCUT2D eigenvalue weighted by Gasteiger charge is -2.27. The van der Waals surface area contributed by atoms with Gasteiger partial charge in [0, 0.05) is 24.4 Å². The fourth-order valence-corrected chi connectivity index (χ4v) is 2.09. The van der Waals surface area contributed by atoms with Crippen LogP contribution in [0, 0.1) is 15.5 Å². The maximum Gasteiger partial charge on any atom is 0.311 e. The smallest absolute Gasteiger partial charge is 0.311 e. The highest BCUT2D eigenvalue weighted by atomic mass is 16.6. The van der Waals surface area contributed by atoms with Gasteiger partial charge in [0.15, 0.2) is 5.75 Å². The van der Waals surface area contributed by atoms with Crippen LogP contribution >= 0.6 is 0 Å². The molecule has 21 heavy (non-hydrogen) atoms. The third-order valence-corrected chi connectivity index (χ3v) is 3.81. The second-order valence-electron chi connectivity index (χ2n) is 4.79. The highest BCUT2D eigenvalue weighted by Gasteiger charge is 2.34. The van der Waals surface area contributed by atoms with Crippen molar-refractivity contribution in [2.45, 2.75) is 26.7 Å². The summed E-state index contributed by atoms with van der Waals surface area (Å²) in [5.74, 6) is -0.715. The number of carboxylic acids is 1. The fraction of sp³-hybridized carbons (Fsp3) is 0.500. The number of carbonyl (C=O) groups is 1. The summed E-state index contributed by atoms with van der Waals surface area (Å²) in [5, 5.41) is 23.2. The van der Waals surface area contributed by atoms with Crippen molar-refractivity contribution in [3.8, 4) is 5.75 Å². The quantitative estimate of drug-likeness (QED) is 0.565. The van der Waals surface area contributed by atoms with Crippen LogP contribution < -0.4 is 10.1 Å². The Morgan fingerprint density at radius 2 is 2.05 bits per heavy atom. The third-order valence-electron chi connectivity index (χ3n) is 3.81. The Kier molecular flexibility index (Phi) is 5.52. The van der Waals surface area contributed by atoms with E-state index in [1.807, 2.05) is 13.8 Å². The van der Waals surface area contributed by atoms with Gasteiger partial charge < -0.3 is 15.2 Å². The first-order valence-electron chi connectivity index (χ1n) is 6.70. The van der Waals surface area contributed by atoms with E-state index in [4.69, 9.17) is 4.74 Å². The van der Waals surface area contributed by atoms with Crippen LogP contribution in [0.3, 0.4) is 0 Å². The van der Waals surface area contributed by atoms with Crippen molar-refractivity contribution in [1.82, 2.24) is 0 Å². The van der Waals surface area contributed by atoms with Crippen molar-refractivity contribution in [3.05, 3.63) is 28.3 Å². The van der Waals surface area contributed by atoms with Crippen molar-refractivity contribution >= 4 is 17.3 Å². The Bertz CT molecular complexity index is 526. The molecule has 0 spiro atoms. The molecule has 0 aliphatic rings. The normalized spacial score (nSPS) is 11.0. The van der Waals surface area contributed by atoms with Gasteiger partial charge in [0.05, 0.1) is 17.4 Å². The minimum Gasteiger partial charge on any atom is -0.490 e. The molecule has 0 fully saturated rings. The van der Waals surface area contributed by atoms with E-state index in [2.05, 4.69) is 5.32 Å². The lowest BCUT2D eigenvalue weighted by Crippen LogP contribution is -2.36. The fourth-order valence-electron chi connectivity index (χ4n) is 2.09. The standard InChI is InChI=1S/C14H20N2O5/c1-4-14(5-2,13(17)18)9-15-10-6-7-11(16(19)20)12(8-10)21-3/h6-8,15H,4-5,9H2,1-3H3,(H,17,18). The van der Waals surface area contributed by atoms with Crippen LogP contribution in [0.25, 0.3) is 0 Å². The lowest BCUT2D eigenvalue weighted by atomic mass is 9.82. The Morgan fingerprint density at radius 1 is 1.43 bits per heavy atom. The number of anilines is 1. The average molecular weight is 296 g/mol. The summed E-state index contributed by atoms with van der Waals surface area (Å²) in [6, 6.07) is 4.37. The lowest BCUT2D eigenvalue weighted by molar-refractivity contribution is -0.385. The van der Waals surface area contributed by atoms with E-state index in [-0.39, 0.29) is 18.0 Å². The summed E-state index contributed by atoms with van der Waals surface area (Å²) in [4.78, 5) is 21.7. The molecule has 1 aromatic rings. The second-order valence-corrected chi connectivity index (χ2v) is 4.79. The van der Waals surface area contributed by atoms with E-state index < -0.39 is 16.3 Å². The van der Waals surface area contributed by atoms with Crippen molar-refractivity contribution in [3.63, 3.8) is 0 Å². The molecule has 7 nitrogen and oxygen atoms in total. The number of ether oxygens (including phenoxy) is 1. The monoisotopic (exact) mass is 296 g/mol. The molecule has 2 N–H and O–H groups in total. The number of nitro groups is 1. The maximum atomic E-state index is 11.4. The first kappa shape index (κ1) is 16.7. The van der Waals surface area contributed by atoms with Gasteiger partial charge in [-0.25, -0.2) is 0 Å². The minimum atomic E-state index is -0.853. The molecule has 1 aromatic carbocycles. The van der Waals surface area contributed by atoms with Crippen LogP contribution in [0.15, 0.2) is 18.2 Å². The van der Waals surface area contributed by atoms with Crippen LogP contribution in [0.2, 0.25) is 0 Å². The van der Waals surface area contributed by atoms with E-state index in [0.717, 1.165) is 0 Å². The van der Waals surface area contributed by atoms with Gasteiger partial charge in [-0.2, -0.15) is 0 Å². The predicted octanol–water partition coefficient (Wildman–Crippen LogP) is 2.91. The molecule has 0 aliphatic heterocycles. The van der Waals surface area contributed by atoms with Crippen molar-refractivity contribution < 1.29 is 19.6 Å². The molecule has 0 amide bonds. The molecule has 0 unspecified atom stereocenters. The number of benzene rings is 1. The van der Waals surface area contributed by atoms with E-state index in [9.17, 15) is 20.0 Å². The average Bonchev–Trinajstić information content (AvgIpc) is 2.48. The zero-order valence-electron chi connectivity index (χ0n) is 12.4. The molecule has 0 aromatic heterocycles. The summed E-state index contributed by atoms with van der Waals surface area (Å²) in [6.45, 7) is 3.90. The number of nitrogens with one attached hydrogen (secondary N) is 1. The number of hydrogen-bond donors (Lipinski definition) is 2. The van der Waals surface area contributed by atoms with Gasteiger partial charge in [0.2, 0.25) is 0 Å². The maximum absolute atomic E-state index is 11.4. The van der Waals surface area contributed by atoms with E-state index in [1.54, 1.807) is 6.07 Å². The number of nitrogens with zero attached hydrogens (tertiary/aromatic N) is 1. The topological polar surface area (TPSA) is 102 Å². The summed E-state index contributed by atoms with van der Waals surface area (Å²) in [5.41, 5.74) is -0.391. The number of rotatable bonds is 8. The molecule has 0 aliphatic carbocycles. The molecule has 0 atom stereocenters. The SMILES string of the molecule is CCC(CC)(CNc1ccc([N+](=O)[O-])c(OC)c1)C(=O)O. The highest BCUT2D eigenvalue weighted by molar-refractivity contribution is 5.75. The summed E-state index contributed by atoms with van der Waals surface area (Å²) in [6.07, 6.45) is 0.992. The van der Waals surface area contributed by atoms with E-state index in [0.29, 0.717) is 18.5 Å². The van der Waals surface area contributed by atoms with Gasteiger partial charge in [0.25, 0.3) is 0 Å². The first-order chi connectivity index (χ1) is 9.90. The van der Waals surface area contributed by atoms with Gasteiger partial charge in [-0.3, -0.25) is 14.9 Å². The number of methoxy groups -OCH3 is 1. The molecule has 0 saturated heterocycles. The van der Waals surface area contributed by atoms with Crippen LogP contribution in [-0.4, -0.2) is 29.7 Å². The first-order valence-corrected chi connectivity index (χ1v) is 6.70. The molecule has 0 saturated carbocycles. The van der Waals surface area contributed by atoms with Crippen molar-refractivity contribution in [2.24, 2.45) is 5.41 Å². The Hall–Kier alpha value is -2.31. The Labute approximate surface area is 123 Å². The number of aliphatic carboxylic acids is 1. The number of carboxylic acid groups (broad SMARTS) is 1. The zero-order valence-corrected chi connectivity index (χ0v) is 12.4. The molecule has 1 rings (SSSR count).